The number of fused-ring (bicyclic) bond motifs is 1. The van der Waals surface area contributed by atoms with Crippen LogP contribution in [0.1, 0.15) is 17.7 Å². The van der Waals surface area contributed by atoms with Crippen LogP contribution in [0, 0.1) is 0 Å². The summed E-state index contributed by atoms with van der Waals surface area (Å²) >= 11 is 3.54. The molecule has 3 heterocycles. The summed E-state index contributed by atoms with van der Waals surface area (Å²) in [5.41, 5.74) is 6.38. The molecule has 0 spiro atoms. The number of nitrogens with two attached hydrogens (primary N) is 1. The largest absolute Gasteiger partial charge is 0.466 e. The molecule has 0 saturated heterocycles. The maximum Gasteiger partial charge on any atom is 0.204 e. The molecule has 2 aliphatic rings. The Morgan fingerprint density at radius 3 is 2.95 bits per heavy atom. The Balaban J connectivity index is 2.00. The van der Waals surface area contributed by atoms with Gasteiger partial charge in [-0.25, -0.2) is 4.99 Å². The zero-order valence-electron chi connectivity index (χ0n) is 11.9. The molecule has 2 aromatic rings. The molecular formula is C16H15BrN4O. The van der Waals surface area contributed by atoms with Gasteiger partial charge < -0.3 is 10.2 Å². The molecule has 112 valence electrons. The van der Waals surface area contributed by atoms with Crippen molar-refractivity contribution in [2.24, 2.45) is 15.7 Å². The third kappa shape index (κ3) is 1.83. The van der Waals surface area contributed by atoms with Gasteiger partial charge in [-0.05, 0) is 36.2 Å². The first-order chi connectivity index (χ1) is 10.7. The van der Waals surface area contributed by atoms with E-state index in [2.05, 4.69) is 15.9 Å². The van der Waals surface area contributed by atoms with Gasteiger partial charge in [-0.2, -0.15) is 0 Å². The maximum absolute atomic E-state index is 6.19. The molecule has 1 aromatic heterocycles. The fourth-order valence-corrected chi connectivity index (χ4v) is 3.52. The number of rotatable bonds is 2. The second kappa shape index (κ2) is 4.98. The highest BCUT2D eigenvalue weighted by molar-refractivity contribution is 9.10. The van der Waals surface area contributed by atoms with Gasteiger partial charge in [0.1, 0.15) is 11.6 Å². The Morgan fingerprint density at radius 2 is 2.18 bits per heavy atom. The van der Waals surface area contributed by atoms with Gasteiger partial charge in [0.25, 0.3) is 0 Å². The number of guanidine groups is 1. The van der Waals surface area contributed by atoms with Crippen LogP contribution in [0.5, 0.6) is 0 Å². The van der Waals surface area contributed by atoms with E-state index in [1.54, 1.807) is 6.26 Å². The third-order valence-electron chi connectivity index (χ3n) is 4.06. The van der Waals surface area contributed by atoms with Crippen molar-refractivity contribution in [3.05, 3.63) is 58.5 Å². The number of hydrogen-bond donors (Lipinski definition) is 1. The summed E-state index contributed by atoms with van der Waals surface area (Å²) in [6, 6.07) is 11.8. The van der Waals surface area contributed by atoms with Gasteiger partial charge in [0.2, 0.25) is 5.54 Å². The highest BCUT2D eigenvalue weighted by Crippen LogP contribution is 2.42. The standard InChI is InChI=1S/C16H15BrN4O/c17-12-5-1-4-11(10-12)16(13-6-2-9-22-13)14-19-7-3-8-21(14)15(18)20-16/h1-2,4-6,9-10H,3,7-8H2,(H2,18,20). The lowest BCUT2D eigenvalue weighted by molar-refractivity contribution is 0.446. The van der Waals surface area contributed by atoms with Crippen molar-refractivity contribution in [3.63, 3.8) is 0 Å². The van der Waals surface area contributed by atoms with E-state index in [0.29, 0.717) is 5.96 Å². The summed E-state index contributed by atoms with van der Waals surface area (Å²) in [4.78, 5) is 11.5. The Bertz CT molecular complexity index is 768. The Hall–Kier alpha value is -2.08. The van der Waals surface area contributed by atoms with Crippen molar-refractivity contribution in [2.45, 2.75) is 12.0 Å². The molecule has 1 unspecified atom stereocenters. The van der Waals surface area contributed by atoms with E-state index in [9.17, 15) is 0 Å². The van der Waals surface area contributed by atoms with Crippen LogP contribution in [0.4, 0.5) is 0 Å². The molecule has 0 bridgehead atoms. The van der Waals surface area contributed by atoms with E-state index >= 15 is 0 Å². The lowest BCUT2D eigenvalue weighted by Crippen LogP contribution is -2.46. The number of nitrogens with zero attached hydrogens (tertiary/aromatic N) is 3. The molecule has 0 amide bonds. The molecule has 1 atom stereocenters. The van der Waals surface area contributed by atoms with Gasteiger partial charge in [0, 0.05) is 17.6 Å². The SMILES string of the molecule is NC1=NC(c2cccc(Br)c2)(c2ccco2)C2=NCCCN12. The molecule has 2 aliphatic heterocycles. The van der Waals surface area contributed by atoms with E-state index in [4.69, 9.17) is 20.1 Å². The van der Waals surface area contributed by atoms with Crippen LogP contribution in [-0.2, 0) is 5.54 Å². The zero-order chi connectivity index (χ0) is 15.2. The minimum atomic E-state index is -0.794. The fourth-order valence-electron chi connectivity index (χ4n) is 3.12. The number of amidine groups is 1. The number of benzene rings is 1. The first-order valence-corrected chi connectivity index (χ1v) is 7.99. The van der Waals surface area contributed by atoms with Crippen LogP contribution in [0.25, 0.3) is 0 Å². The maximum atomic E-state index is 6.19. The third-order valence-corrected chi connectivity index (χ3v) is 4.55. The van der Waals surface area contributed by atoms with Gasteiger partial charge in [-0.1, -0.05) is 28.1 Å². The number of halogens is 1. The lowest BCUT2D eigenvalue weighted by atomic mass is 9.86. The molecule has 0 saturated carbocycles. The molecular weight excluding hydrogens is 344 g/mol. The average Bonchev–Trinajstić information content (AvgIpc) is 3.15. The second-order valence-electron chi connectivity index (χ2n) is 5.38. The molecule has 6 heteroatoms. The van der Waals surface area contributed by atoms with Crippen molar-refractivity contribution >= 4 is 27.7 Å². The highest BCUT2D eigenvalue weighted by Gasteiger charge is 2.51. The van der Waals surface area contributed by atoms with Gasteiger partial charge in [-0.3, -0.25) is 9.89 Å². The molecule has 0 aliphatic carbocycles. The van der Waals surface area contributed by atoms with Crippen LogP contribution >= 0.6 is 15.9 Å². The summed E-state index contributed by atoms with van der Waals surface area (Å²) in [6.07, 6.45) is 2.64. The van der Waals surface area contributed by atoms with E-state index < -0.39 is 5.54 Å². The number of aliphatic imine (C=N–C) groups is 2. The zero-order valence-corrected chi connectivity index (χ0v) is 13.5. The van der Waals surface area contributed by atoms with Crippen LogP contribution in [0.3, 0.4) is 0 Å². The van der Waals surface area contributed by atoms with Crippen molar-refractivity contribution in [3.8, 4) is 0 Å². The molecule has 0 radical (unpaired) electrons. The second-order valence-corrected chi connectivity index (χ2v) is 6.29. The van der Waals surface area contributed by atoms with Crippen molar-refractivity contribution < 1.29 is 4.42 Å². The quantitative estimate of drug-likeness (QED) is 0.897. The summed E-state index contributed by atoms with van der Waals surface area (Å²) in [7, 11) is 0. The predicted octanol–water partition coefficient (Wildman–Crippen LogP) is 2.72. The number of hydrogen-bond acceptors (Lipinski definition) is 5. The molecule has 4 rings (SSSR count). The predicted molar refractivity (Wildman–Crippen MR) is 88.9 cm³/mol. The molecule has 2 N–H and O–H groups in total. The fraction of sp³-hybridized carbons (Fsp3) is 0.250. The summed E-state index contributed by atoms with van der Waals surface area (Å²) in [5.74, 6) is 2.08. The van der Waals surface area contributed by atoms with E-state index in [-0.39, 0.29) is 0 Å². The number of furan rings is 1. The first-order valence-electron chi connectivity index (χ1n) is 7.19. The Labute approximate surface area is 136 Å². The first kappa shape index (κ1) is 13.6. The Morgan fingerprint density at radius 1 is 1.27 bits per heavy atom. The molecule has 1 aromatic carbocycles. The van der Waals surface area contributed by atoms with Crippen molar-refractivity contribution in [2.75, 3.05) is 13.1 Å². The van der Waals surface area contributed by atoms with Gasteiger partial charge in [0.05, 0.1) is 6.26 Å². The monoisotopic (exact) mass is 358 g/mol. The van der Waals surface area contributed by atoms with Crippen LogP contribution in [-0.4, -0.2) is 29.8 Å². The van der Waals surface area contributed by atoms with Gasteiger partial charge >= 0.3 is 0 Å². The van der Waals surface area contributed by atoms with Crippen LogP contribution < -0.4 is 5.73 Å². The summed E-state index contributed by atoms with van der Waals surface area (Å²) in [6.45, 7) is 1.62. The highest BCUT2D eigenvalue weighted by atomic mass is 79.9. The molecule has 22 heavy (non-hydrogen) atoms. The molecule has 0 fully saturated rings. The van der Waals surface area contributed by atoms with Crippen LogP contribution in [0.15, 0.2) is 61.5 Å². The minimum absolute atomic E-state index is 0.495. The van der Waals surface area contributed by atoms with Gasteiger partial charge in [-0.15, -0.1) is 0 Å². The van der Waals surface area contributed by atoms with E-state index in [0.717, 1.165) is 41.1 Å². The van der Waals surface area contributed by atoms with Gasteiger partial charge in [0.15, 0.2) is 5.96 Å². The Kier molecular flexibility index (Phi) is 3.07. The summed E-state index contributed by atoms with van der Waals surface area (Å²) < 4.78 is 6.71. The molecule has 5 nitrogen and oxygen atoms in total. The lowest BCUT2D eigenvalue weighted by Gasteiger charge is -2.31. The topological polar surface area (TPSA) is 67.1 Å². The van der Waals surface area contributed by atoms with E-state index in [1.165, 1.54) is 0 Å². The van der Waals surface area contributed by atoms with Crippen LogP contribution in [0.2, 0.25) is 0 Å². The smallest absolute Gasteiger partial charge is 0.204 e. The van der Waals surface area contributed by atoms with Crippen molar-refractivity contribution in [1.82, 2.24) is 4.90 Å². The summed E-state index contributed by atoms with van der Waals surface area (Å²) in [5, 5.41) is 0. The average molecular weight is 359 g/mol. The normalized spacial score (nSPS) is 24.0. The minimum Gasteiger partial charge on any atom is -0.466 e. The van der Waals surface area contributed by atoms with Crippen molar-refractivity contribution in [1.29, 1.82) is 0 Å². The van der Waals surface area contributed by atoms with E-state index in [1.807, 2.05) is 41.3 Å².